The summed E-state index contributed by atoms with van der Waals surface area (Å²) >= 11 is 0. The van der Waals surface area contributed by atoms with E-state index in [2.05, 4.69) is 10.2 Å². The average Bonchev–Trinajstić information content (AvgIpc) is 1.86. The molecular weight excluding hydrogens is 177 g/mol. The van der Waals surface area contributed by atoms with E-state index in [9.17, 15) is 0 Å². The molecule has 1 heterocycles. The van der Waals surface area contributed by atoms with Gasteiger partial charge >= 0.3 is 0 Å². The molecule has 0 N–H and O–H groups in total. The molecule has 0 aromatic carbocycles. The third kappa shape index (κ3) is 3.33. The van der Waals surface area contributed by atoms with Crippen molar-refractivity contribution in [3.8, 4) is 0 Å². The molecule has 0 saturated heterocycles. The van der Waals surface area contributed by atoms with Gasteiger partial charge in [-0.15, -0.1) is 0 Å². The number of nitrogens with zero attached hydrogens (tertiary/aromatic N) is 2. The SMILES string of the molecule is Cc1cc[n-]n1.[CH3-].[Y]. The molecule has 0 saturated carbocycles. The Hall–Kier alpha value is 0.314. The monoisotopic (exact) mass is 185 g/mol. The Labute approximate surface area is 74.9 Å². The van der Waals surface area contributed by atoms with E-state index in [-0.39, 0.29) is 40.1 Å². The first-order valence-corrected chi connectivity index (χ1v) is 1.80. The quantitative estimate of drug-likeness (QED) is 0.559. The molecule has 2 nitrogen and oxygen atoms in total. The Morgan fingerprint density at radius 2 is 2.25 bits per heavy atom. The van der Waals surface area contributed by atoms with Crippen LogP contribution in [-0.4, -0.2) is 5.10 Å². The molecule has 0 spiro atoms. The van der Waals surface area contributed by atoms with Crippen LogP contribution < -0.4 is 5.10 Å². The molecule has 43 valence electrons. The van der Waals surface area contributed by atoms with Gasteiger partial charge in [-0.25, -0.2) is 0 Å². The van der Waals surface area contributed by atoms with Crippen LogP contribution in [0.2, 0.25) is 0 Å². The third-order valence-corrected chi connectivity index (χ3v) is 0.598. The van der Waals surface area contributed by atoms with Crippen LogP contribution >= 0.6 is 0 Å². The van der Waals surface area contributed by atoms with E-state index < -0.39 is 0 Å². The first-order chi connectivity index (χ1) is 2.89. The van der Waals surface area contributed by atoms with Crippen LogP contribution in [0.15, 0.2) is 12.3 Å². The van der Waals surface area contributed by atoms with E-state index in [1.807, 2.05) is 13.0 Å². The summed E-state index contributed by atoms with van der Waals surface area (Å²) in [5.41, 5.74) is 0.981. The zero-order valence-corrected chi connectivity index (χ0v) is 7.96. The molecule has 1 aromatic rings. The molecule has 0 aliphatic carbocycles. The van der Waals surface area contributed by atoms with Crippen LogP contribution in [0.3, 0.4) is 0 Å². The van der Waals surface area contributed by atoms with Crippen molar-refractivity contribution < 1.29 is 32.7 Å². The van der Waals surface area contributed by atoms with Crippen molar-refractivity contribution in [1.82, 2.24) is 10.2 Å². The van der Waals surface area contributed by atoms with Gasteiger partial charge in [-0.05, 0) is 6.92 Å². The van der Waals surface area contributed by atoms with Gasteiger partial charge in [0.05, 0.1) is 0 Å². The number of rotatable bonds is 0. The fourth-order valence-corrected chi connectivity index (χ4v) is 0.299. The van der Waals surface area contributed by atoms with Gasteiger partial charge in [-0.3, -0.25) is 0 Å². The summed E-state index contributed by atoms with van der Waals surface area (Å²) in [4.78, 5) is 0. The maximum atomic E-state index is 3.67. The maximum Gasteiger partial charge on any atom is 0.0128 e. The molecule has 8 heavy (non-hydrogen) atoms. The summed E-state index contributed by atoms with van der Waals surface area (Å²) in [5.74, 6) is 0. The van der Waals surface area contributed by atoms with E-state index in [4.69, 9.17) is 0 Å². The van der Waals surface area contributed by atoms with Crippen molar-refractivity contribution in [2.45, 2.75) is 6.92 Å². The van der Waals surface area contributed by atoms with Crippen LogP contribution in [0.1, 0.15) is 5.69 Å². The summed E-state index contributed by atoms with van der Waals surface area (Å²) in [7, 11) is 0. The smallest absolute Gasteiger partial charge is 0.0128 e. The fraction of sp³-hybridized carbons (Fsp3) is 0.200. The summed E-state index contributed by atoms with van der Waals surface area (Å²) in [6.07, 6.45) is 1.68. The number of hydrogen-bond acceptors (Lipinski definition) is 1. The molecule has 0 fully saturated rings. The van der Waals surface area contributed by atoms with Crippen LogP contribution in [0, 0.1) is 14.4 Å². The molecule has 1 radical (unpaired) electrons. The summed E-state index contributed by atoms with van der Waals surface area (Å²) in [6.45, 7) is 1.91. The van der Waals surface area contributed by atoms with E-state index >= 15 is 0 Å². The third-order valence-electron chi connectivity index (χ3n) is 0.598. The zero-order valence-electron chi connectivity index (χ0n) is 5.13. The van der Waals surface area contributed by atoms with Crippen LogP contribution in [-0.2, 0) is 32.7 Å². The van der Waals surface area contributed by atoms with Crippen LogP contribution in [0.4, 0.5) is 0 Å². The second-order valence-electron chi connectivity index (χ2n) is 1.17. The van der Waals surface area contributed by atoms with Gasteiger partial charge in [-0.2, -0.15) is 6.20 Å². The molecule has 0 aliphatic rings. The van der Waals surface area contributed by atoms with Crippen molar-refractivity contribution in [2.75, 3.05) is 0 Å². The second kappa shape index (κ2) is 5.45. The molecule has 1 rings (SSSR count). The Bertz CT molecular complexity index is 114. The average molecular weight is 185 g/mol. The van der Waals surface area contributed by atoms with E-state index in [0.29, 0.717) is 0 Å². The molecule has 3 heteroatoms. The topological polar surface area (TPSA) is 27.0 Å². The van der Waals surface area contributed by atoms with Crippen LogP contribution in [0.25, 0.3) is 0 Å². The Morgan fingerprint density at radius 3 is 2.38 bits per heavy atom. The van der Waals surface area contributed by atoms with Gasteiger partial charge in [0, 0.05) is 38.4 Å². The normalized spacial score (nSPS) is 6.62. The van der Waals surface area contributed by atoms with E-state index in [0.717, 1.165) is 5.69 Å². The van der Waals surface area contributed by atoms with Gasteiger partial charge in [0.25, 0.3) is 0 Å². The maximum absolute atomic E-state index is 3.67. The van der Waals surface area contributed by atoms with Crippen molar-refractivity contribution >= 4 is 0 Å². The van der Waals surface area contributed by atoms with Crippen molar-refractivity contribution in [3.05, 3.63) is 25.4 Å². The van der Waals surface area contributed by atoms with E-state index in [1.54, 1.807) is 6.20 Å². The Kier molecular flexibility index (Phi) is 7.60. The van der Waals surface area contributed by atoms with Gasteiger partial charge in [0.2, 0.25) is 0 Å². The summed E-state index contributed by atoms with van der Waals surface area (Å²) in [6, 6.07) is 1.86. The minimum Gasteiger partial charge on any atom is -0.582 e. The Balaban J connectivity index is 0. The molecule has 0 atom stereocenters. The van der Waals surface area contributed by atoms with Gasteiger partial charge in [-0.1, -0.05) is 6.07 Å². The first-order valence-electron chi connectivity index (χ1n) is 1.80. The van der Waals surface area contributed by atoms with Gasteiger partial charge < -0.3 is 17.6 Å². The Morgan fingerprint density at radius 1 is 1.62 bits per heavy atom. The van der Waals surface area contributed by atoms with Crippen molar-refractivity contribution in [1.29, 1.82) is 0 Å². The van der Waals surface area contributed by atoms with Crippen molar-refractivity contribution in [2.24, 2.45) is 0 Å². The summed E-state index contributed by atoms with van der Waals surface area (Å²) < 4.78 is 0. The molecule has 1 aromatic heterocycles. The molecular formula is C5H8N2Y-2. The summed E-state index contributed by atoms with van der Waals surface area (Å²) in [5, 5.41) is 7.24. The second-order valence-corrected chi connectivity index (χ2v) is 1.17. The largest absolute Gasteiger partial charge is 0.582 e. The van der Waals surface area contributed by atoms with Gasteiger partial charge in [0.1, 0.15) is 0 Å². The standard InChI is InChI=1S/C4H5N2.CH3.Y/c1-4-2-3-5-6-4;;/h2-3H,1H3;1H3;/q2*-1;. The minimum absolute atomic E-state index is 0. The minimum atomic E-state index is 0. The van der Waals surface area contributed by atoms with E-state index in [1.165, 1.54) is 0 Å². The van der Waals surface area contributed by atoms with Crippen molar-refractivity contribution in [3.63, 3.8) is 0 Å². The first kappa shape index (κ1) is 11.2. The van der Waals surface area contributed by atoms with Gasteiger partial charge in [0.15, 0.2) is 0 Å². The molecule has 0 amide bonds. The predicted molar refractivity (Wildman–Crippen MR) is 28.7 cm³/mol. The molecule has 0 aliphatic heterocycles. The number of hydrogen-bond donors (Lipinski definition) is 0. The molecule has 0 unspecified atom stereocenters. The number of aromatic nitrogens is 2. The predicted octanol–water partition coefficient (Wildman–Crippen LogP) is 0.795. The zero-order chi connectivity index (χ0) is 4.41. The van der Waals surface area contributed by atoms with Crippen LogP contribution in [0.5, 0.6) is 0 Å². The number of aryl methyl sites for hydroxylation is 1. The fourth-order valence-electron chi connectivity index (χ4n) is 0.299. The molecule has 0 bridgehead atoms.